The van der Waals surface area contributed by atoms with E-state index in [1.54, 1.807) is 19.1 Å². The Labute approximate surface area is 188 Å². The Kier molecular flexibility index (Phi) is 6.61. The Morgan fingerprint density at radius 3 is 2.60 bits per heavy atom. The molecule has 0 radical (unpaired) electrons. The summed E-state index contributed by atoms with van der Waals surface area (Å²) in [6, 6.07) is 4.74. The topological polar surface area (TPSA) is 109 Å². The first-order chi connectivity index (χ1) is 14.0. The number of pyridine rings is 1. The first-order valence-corrected chi connectivity index (χ1v) is 12.0. The van der Waals surface area contributed by atoms with Crippen LogP contribution in [0.4, 0.5) is 10.1 Å². The van der Waals surface area contributed by atoms with Crippen molar-refractivity contribution in [2.75, 3.05) is 11.3 Å². The molecule has 0 amide bonds. The number of sulfonamides is 1. The summed E-state index contributed by atoms with van der Waals surface area (Å²) >= 11 is 2.00. The van der Waals surface area contributed by atoms with Crippen LogP contribution in [0.3, 0.4) is 0 Å². The number of aromatic nitrogens is 1. The summed E-state index contributed by atoms with van der Waals surface area (Å²) in [4.78, 5) is 12.5. The molecule has 2 aromatic rings. The van der Waals surface area contributed by atoms with Gasteiger partial charge in [0, 0.05) is 28.8 Å². The lowest BCUT2D eigenvalue weighted by Crippen LogP contribution is -2.35. The highest BCUT2D eigenvalue weighted by atomic mass is 127. The van der Waals surface area contributed by atoms with Crippen LogP contribution in [0.15, 0.2) is 29.2 Å². The van der Waals surface area contributed by atoms with Crippen molar-refractivity contribution >= 4 is 38.3 Å². The van der Waals surface area contributed by atoms with Gasteiger partial charge >= 0.3 is 0 Å². The van der Waals surface area contributed by atoms with E-state index in [4.69, 9.17) is 5.11 Å². The second kappa shape index (κ2) is 8.56. The smallest absolute Gasteiger partial charge is 0.253 e. The summed E-state index contributed by atoms with van der Waals surface area (Å²) in [5.74, 6) is -0.430. The van der Waals surface area contributed by atoms with Crippen LogP contribution in [-0.2, 0) is 23.5 Å². The maximum atomic E-state index is 14.4. The molecular formula is C20H24FIN2O5S. The number of nitrogens with zero attached hydrogens (tertiary/aromatic N) is 1. The van der Waals surface area contributed by atoms with Crippen LogP contribution in [0.2, 0.25) is 0 Å². The third kappa shape index (κ3) is 4.56. The molecule has 1 aromatic carbocycles. The molecule has 7 nitrogen and oxygen atoms in total. The van der Waals surface area contributed by atoms with E-state index in [1.807, 2.05) is 22.6 Å². The van der Waals surface area contributed by atoms with Gasteiger partial charge in [-0.2, -0.15) is 0 Å². The molecule has 1 saturated carbocycles. The number of aliphatic hydroxyl groups is 2. The minimum Gasteiger partial charge on any atom is -0.394 e. The van der Waals surface area contributed by atoms with E-state index in [9.17, 15) is 22.7 Å². The average molecular weight is 550 g/mol. The lowest BCUT2D eigenvalue weighted by atomic mass is 10.00. The number of nitrogens with one attached hydrogen (secondary N) is 1. The van der Waals surface area contributed by atoms with E-state index in [0.29, 0.717) is 29.5 Å². The van der Waals surface area contributed by atoms with Gasteiger partial charge in [0.25, 0.3) is 5.56 Å². The van der Waals surface area contributed by atoms with Crippen molar-refractivity contribution in [3.63, 3.8) is 0 Å². The van der Waals surface area contributed by atoms with Gasteiger partial charge in [-0.3, -0.25) is 9.52 Å². The third-order valence-electron chi connectivity index (χ3n) is 5.56. The molecule has 3 rings (SSSR count). The molecule has 10 heteroatoms. The monoisotopic (exact) mass is 550 g/mol. The normalized spacial score (nSPS) is 16.3. The fourth-order valence-corrected chi connectivity index (χ4v) is 5.75. The average Bonchev–Trinajstić information content (AvgIpc) is 3.45. The van der Waals surface area contributed by atoms with Gasteiger partial charge in [0.1, 0.15) is 5.82 Å². The summed E-state index contributed by atoms with van der Waals surface area (Å²) < 4.78 is 44.0. The molecule has 0 saturated heterocycles. The summed E-state index contributed by atoms with van der Waals surface area (Å²) in [6.45, 7) is 1.07. The quantitative estimate of drug-likeness (QED) is 0.437. The molecule has 0 spiro atoms. The molecule has 30 heavy (non-hydrogen) atoms. The van der Waals surface area contributed by atoms with E-state index in [0.717, 1.165) is 3.57 Å². The van der Waals surface area contributed by atoms with E-state index in [-0.39, 0.29) is 24.1 Å². The summed E-state index contributed by atoms with van der Waals surface area (Å²) in [5, 5.41) is 18.9. The van der Waals surface area contributed by atoms with Crippen molar-refractivity contribution in [3.05, 3.63) is 60.8 Å². The van der Waals surface area contributed by atoms with E-state index in [1.165, 1.54) is 23.9 Å². The van der Waals surface area contributed by atoms with Gasteiger partial charge in [-0.15, -0.1) is 0 Å². The third-order valence-corrected chi connectivity index (χ3v) is 8.44. The Morgan fingerprint density at radius 1 is 1.37 bits per heavy atom. The number of halogens is 2. The van der Waals surface area contributed by atoms with Crippen LogP contribution in [0.5, 0.6) is 0 Å². The van der Waals surface area contributed by atoms with E-state index < -0.39 is 33.3 Å². The molecule has 1 aliphatic carbocycles. The molecule has 0 aliphatic heterocycles. The SMILES string of the molecule is Cc1c(Cc2ccc(I)cc2F)c(NS(=O)(=O)C2(CC(O)CO)CC2)cn(C)c1=O. The lowest BCUT2D eigenvalue weighted by molar-refractivity contribution is 0.0858. The van der Waals surface area contributed by atoms with Gasteiger partial charge in [0.2, 0.25) is 10.0 Å². The van der Waals surface area contributed by atoms with Crippen molar-refractivity contribution < 1.29 is 23.0 Å². The number of hydrogen-bond acceptors (Lipinski definition) is 5. The maximum Gasteiger partial charge on any atom is 0.253 e. The van der Waals surface area contributed by atoms with Gasteiger partial charge < -0.3 is 14.8 Å². The van der Waals surface area contributed by atoms with Crippen LogP contribution in [0.1, 0.15) is 36.0 Å². The summed E-state index contributed by atoms with van der Waals surface area (Å²) in [7, 11) is -2.40. The number of benzene rings is 1. The van der Waals surface area contributed by atoms with Gasteiger partial charge in [0.05, 0.1) is 23.1 Å². The highest BCUT2D eigenvalue weighted by Crippen LogP contribution is 2.48. The molecule has 1 fully saturated rings. The maximum absolute atomic E-state index is 14.4. The predicted molar refractivity (Wildman–Crippen MR) is 121 cm³/mol. The highest BCUT2D eigenvalue weighted by Gasteiger charge is 2.55. The van der Waals surface area contributed by atoms with Gasteiger partial charge in [-0.1, -0.05) is 6.07 Å². The van der Waals surface area contributed by atoms with Crippen LogP contribution in [-0.4, -0.2) is 40.7 Å². The first-order valence-electron chi connectivity index (χ1n) is 9.44. The van der Waals surface area contributed by atoms with Crippen LogP contribution < -0.4 is 10.3 Å². The Bertz CT molecular complexity index is 1130. The molecule has 1 aromatic heterocycles. The fourth-order valence-electron chi connectivity index (χ4n) is 3.57. The number of anilines is 1. The molecule has 1 atom stereocenters. The molecule has 0 bridgehead atoms. The van der Waals surface area contributed by atoms with Gasteiger partial charge in [-0.25, -0.2) is 12.8 Å². The second-order valence-electron chi connectivity index (χ2n) is 7.80. The predicted octanol–water partition coefficient (Wildman–Crippen LogP) is 2.05. The van der Waals surface area contributed by atoms with E-state index in [2.05, 4.69) is 4.72 Å². The zero-order chi connectivity index (χ0) is 22.3. The molecule has 1 heterocycles. The Balaban J connectivity index is 2.01. The van der Waals surface area contributed by atoms with Crippen LogP contribution in [0, 0.1) is 16.3 Å². The molecule has 1 aliphatic rings. The number of aliphatic hydroxyl groups excluding tert-OH is 2. The number of rotatable bonds is 8. The lowest BCUT2D eigenvalue weighted by Gasteiger charge is -2.22. The Morgan fingerprint density at radius 2 is 2.03 bits per heavy atom. The summed E-state index contributed by atoms with van der Waals surface area (Å²) in [5.41, 5.74) is 0.994. The zero-order valence-electron chi connectivity index (χ0n) is 16.7. The van der Waals surface area contributed by atoms with Crippen molar-refractivity contribution in [1.29, 1.82) is 0 Å². The molecule has 3 N–H and O–H groups in total. The van der Waals surface area contributed by atoms with Gasteiger partial charge in [-0.05, 0) is 72.0 Å². The zero-order valence-corrected chi connectivity index (χ0v) is 19.6. The minimum atomic E-state index is -3.92. The van der Waals surface area contributed by atoms with Crippen LogP contribution >= 0.6 is 22.6 Å². The first kappa shape index (κ1) is 23.2. The molecular weight excluding hydrogens is 526 g/mol. The number of aryl methyl sites for hydroxylation is 1. The van der Waals surface area contributed by atoms with Crippen LogP contribution in [0.25, 0.3) is 0 Å². The van der Waals surface area contributed by atoms with Crippen molar-refractivity contribution in [1.82, 2.24) is 4.57 Å². The Hall–Kier alpha value is -1.50. The molecule has 164 valence electrons. The molecule has 1 unspecified atom stereocenters. The van der Waals surface area contributed by atoms with E-state index >= 15 is 0 Å². The minimum absolute atomic E-state index is 0.0504. The second-order valence-corrected chi connectivity index (χ2v) is 11.1. The fraction of sp³-hybridized carbons (Fsp3) is 0.450. The van der Waals surface area contributed by atoms with Crippen molar-refractivity contribution in [2.45, 2.75) is 43.5 Å². The van der Waals surface area contributed by atoms with Gasteiger partial charge in [0.15, 0.2) is 0 Å². The highest BCUT2D eigenvalue weighted by molar-refractivity contribution is 14.1. The number of hydrogen-bond donors (Lipinski definition) is 3. The summed E-state index contributed by atoms with van der Waals surface area (Å²) in [6.07, 6.45) is 0.965. The standard InChI is InChI=1S/C20H24FIN2O5S/c1-12-16(7-13-3-4-14(22)8-17(13)21)18(10-24(2)19(12)27)23-30(28,29)20(5-6-20)9-15(26)11-25/h3-4,8,10,15,23,25-26H,5-7,9,11H2,1-2H3. The van der Waals surface area contributed by atoms with Crippen molar-refractivity contribution in [3.8, 4) is 0 Å². The van der Waals surface area contributed by atoms with Crippen molar-refractivity contribution in [2.24, 2.45) is 7.05 Å². The largest absolute Gasteiger partial charge is 0.394 e.